The van der Waals surface area contributed by atoms with E-state index < -0.39 is 0 Å². The van der Waals surface area contributed by atoms with Crippen LogP contribution in [-0.2, 0) is 17.9 Å². The van der Waals surface area contributed by atoms with Crippen LogP contribution in [0, 0.1) is 6.92 Å². The fourth-order valence-electron chi connectivity index (χ4n) is 1.77. The quantitative estimate of drug-likeness (QED) is 0.859. The average molecular weight is 232 g/mol. The van der Waals surface area contributed by atoms with Gasteiger partial charge < -0.3 is 10.5 Å². The maximum absolute atomic E-state index is 5.64. The summed E-state index contributed by atoms with van der Waals surface area (Å²) in [5, 5.41) is 8.22. The lowest BCUT2D eigenvalue weighted by molar-refractivity contribution is 0.178. The molecular weight excluding hydrogens is 216 g/mol. The van der Waals surface area contributed by atoms with Crippen molar-refractivity contribution in [2.45, 2.75) is 20.1 Å². The van der Waals surface area contributed by atoms with Crippen LogP contribution in [0.15, 0.2) is 24.3 Å². The summed E-state index contributed by atoms with van der Waals surface area (Å²) in [6, 6.07) is 8.01. The van der Waals surface area contributed by atoms with E-state index in [1.165, 1.54) is 0 Å². The van der Waals surface area contributed by atoms with Crippen LogP contribution in [0.1, 0.15) is 17.0 Å². The van der Waals surface area contributed by atoms with E-state index >= 15 is 0 Å². The summed E-state index contributed by atoms with van der Waals surface area (Å²) in [6.07, 6.45) is 0. The standard InChI is InChI=1S/C12H16N4O/c1-9-5-3-4-6-11(9)16-12(8-17-2)10(7-13)14-15-16/h3-6H,7-8,13H2,1-2H3. The molecule has 1 heterocycles. The van der Waals surface area contributed by atoms with Crippen molar-refractivity contribution in [2.24, 2.45) is 5.73 Å². The first-order valence-electron chi connectivity index (χ1n) is 5.46. The first kappa shape index (κ1) is 11.8. The van der Waals surface area contributed by atoms with Crippen molar-refractivity contribution in [3.05, 3.63) is 41.2 Å². The molecule has 0 aliphatic rings. The molecule has 1 aromatic carbocycles. The van der Waals surface area contributed by atoms with Crippen LogP contribution in [-0.4, -0.2) is 22.1 Å². The summed E-state index contributed by atoms with van der Waals surface area (Å²) >= 11 is 0. The lowest BCUT2D eigenvalue weighted by atomic mass is 10.2. The highest BCUT2D eigenvalue weighted by Gasteiger charge is 2.13. The zero-order valence-corrected chi connectivity index (χ0v) is 10.1. The highest BCUT2D eigenvalue weighted by molar-refractivity contribution is 5.40. The van der Waals surface area contributed by atoms with Gasteiger partial charge in [-0.1, -0.05) is 23.4 Å². The summed E-state index contributed by atoms with van der Waals surface area (Å²) in [5.74, 6) is 0. The summed E-state index contributed by atoms with van der Waals surface area (Å²) in [5.41, 5.74) is 9.46. The first-order valence-corrected chi connectivity index (χ1v) is 5.46. The molecular formula is C12H16N4O. The predicted octanol–water partition coefficient (Wildman–Crippen LogP) is 1.18. The number of aromatic nitrogens is 3. The highest BCUT2D eigenvalue weighted by atomic mass is 16.5. The first-order chi connectivity index (χ1) is 8.27. The summed E-state index contributed by atoms with van der Waals surface area (Å²) in [4.78, 5) is 0. The van der Waals surface area contributed by atoms with Crippen LogP contribution in [0.3, 0.4) is 0 Å². The highest BCUT2D eigenvalue weighted by Crippen LogP contribution is 2.17. The summed E-state index contributed by atoms with van der Waals surface area (Å²) in [6.45, 7) is 2.86. The Morgan fingerprint density at radius 3 is 2.76 bits per heavy atom. The Kier molecular flexibility index (Phi) is 3.51. The van der Waals surface area contributed by atoms with Crippen LogP contribution in [0.4, 0.5) is 0 Å². The van der Waals surface area contributed by atoms with Gasteiger partial charge >= 0.3 is 0 Å². The van der Waals surface area contributed by atoms with Crippen molar-refractivity contribution in [2.75, 3.05) is 7.11 Å². The lowest BCUT2D eigenvalue weighted by Gasteiger charge is -2.09. The molecule has 2 rings (SSSR count). The van der Waals surface area contributed by atoms with E-state index in [9.17, 15) is 0 Å². The molecule has 0 amide bonds. The number of rotatable bonds is 4. The smallest absolute Gasteiger partial charge is 0.102 e. The number of methoxy groups -OCH3 is 1. The molecule has 5 heteroatoms. The van der Waals surface area contributed by atoms with E-state index in [2.05, 4.69) is 10.3 Å². The third-order valence-electron chi connectivity index (χ3n) is 2.66. The fraction of sp³-hybridized carbons (Fsp3) is 0.333. The molecule has 0 saturated heterocycles. The number of para-hydroxylation sites is 1. The molecule has 0 atom stereocenters. The van der Waals surface area contributed by atoms with E-state index in [4.69, 9.17) is 10.5 Å². The molecule has 0 radical (unpaired) electrons. The Morgan fingerprint density at radius 1 is 1.35 bits per heavy atom. The Bertz CT molecular complexity index is 507. The fourth-order valence-corrected chi connectivity index (χ4v) is 1.77. The molecule has 0 bridgehead atoms. The largest absolute Gasteiger partial charge is 0.378 e. The second-order valence-corrected chi connectivity index (χ2v) is 3.82. The third-order valence-corrected chi connectivity index (χ3v) is 2.66. The van der Waals surface area contributed by atoms with E-state index in [1.807, 2.05) is 31.2 Å². The maximum Gasteiger partial charge on any atom is 0.102 e. The minimum atomic E-state index is 0.366. The molecule has 17 heavy (non-hydrogen) atoms. The maximum atomic E-state index is 5.64. The number of hydrogen-bond donors (Lipinski definition) is 1. The zero-order chi connectivity index (χ0) is 12.3. The van der Waals surface area contributed by atoms with Crippen molar-refractivity contribution in [3.63, 3.8) is 0 Å². The topological polar surface area (TPSA) is 66.0 Å². The van der Waals surface area contributed by atoms with E-state index in [-0.39, 0.29) is 0 Å². The van der Waals surface area contributed by atoms with Gasteiger partial charge in [0.05, 0.1) is 18.0 Å². The van der Waals surface area contributed by atoms with E-state index in [0.29, 0.717) is 13.2 Å². The second-order valence-electron chi connectivity index (χ2n) is 3.82. The number of nitrogens with two attached hydrogens (primary N) is 1. The number of hydrogen-bond acceptors (Lipinski definition) is 4. The minimum Gasteiger partial charge on any atom is -0.378 e. The Labute approximate surface area is 100 Å². The van der Waals surface area contributed by atoms with Gasteiger partial charge in [-0.15, -0.1) is 5.10 Å². The average Bonchev–Trinajstić information content (AvgIpc) is 2.73. The van der Waals surface area contributed by atoms with E-state index in [0.717, 1.165) is 22.6 Å². The Balaban J connectivity index is 2.52. The minimum absolute atomic E-state index is 0.366. The van der Waals surface area contributed by atoms with Crippen LogP contribution in [0.5, 0.6) is 0 Å². The number of benzene rings is 1. The normalized spacial score (nSPS) is 10.8. The van der Waals surface area contributed by atoms with E-state index in [1.54, 1.807) is 11.8 Å². The van der Waals surface area contributed by atoms with Gasteiger partial charge in [0.25, 0.3) is 0 Å². The van der Waals surface area contributed by atoms with Gasteiger partial charge in [-0.2, -0.15) is 0 Å². The number of aryl methyl sites for hydroxylation is 1. The molecule has 0 unspecified atom stereocenters. The zero-order valence-electron chi connectivity index (χ0n) is 10.1. The Hall–Kier alpha value is -1.72. The molecule has 2 aromatic rings. The summed E-state index contributed by atoms with van der Waals surface area (Å²) in [7, 11) is 1.65. The molecule has 0 aliphatic carbocycles. The van der Waals surface area contributed by atoms with Gasteiger partial charge in [-0.05, 0) is 18.6 Å². The molecule has 90 valence electrons. The second kappa shape index (κ2) is 5.07. The van der Waals surface area contributed by atoms with Crippen molar-refractivity contribution in [1.82, 2.24) is 15.0 Å². The molecule has 0 fully saturated rings. The number of ether oxygens (including phenoxy) is 1. The monoisotopic (exact) mass is 232 g/mol. The van der Waals surface area contributed by atoms with Crippen molar-refractivity contribution >= 4 is 0 Å². The predicted molar refractivity (Wildman–Crippen MR) is 64.7 cm³/mol. The van der Waals surface area contributed by atoms with Crippen molar-refractivity contribution in [3.8, 4) is 5.69 Å². The third kappa shape index (κ3) is 2.20. The molecule has 1 aromatic heterocycles. The summed E-state index contributed by atoms with van der Waals surface area (Å²) < 4.78 is 6.97. The van der Waals surface area contributed by atoms with Gasteiger partial charge in [-0.3, -0.25) is 0 Å². The van der Waals surface area contributed by atoms with Crippen molar-refractivity contribution in [1.29, 1.82) is 0 Å². The van der Waals surface area contributed by atoms with Gasteiger partial charge in [-0.25, -0.2) is 4.68 Å². The Morgan fingerprint density at radius 2 is 2.12 bits per heavy atom. The van der Waals surface area contributed by atoms with Crippen LogP contribution < -0.4 is 5.73 Å². The molecule has 2 N–H and O–H groups in total. The van der Waals surface area contributed by atoms with Gasteiger partial charge in [0.15, 0.2) is 0 Å². The van der Waals surface area contributed by atoms with Crippen LogP contribution in [0.25, 0.3) is 5.69 Å². The van der Waals surface area contributed by atoms with Crippen LogP contribution >= 0.6 is 0 Å². The molecule has 5 nitrogen and oxygen atoms in total. The molecule has 0 saturated carbocycles. The van der Waals surface area contributed by atoms with Gasteiger partial charge in [0.2, 0.25) is 0 Å². The lowest BCUT2D eigenvalue weighted by Crippen LogP contribution is -2.08. The van der Waals surface area contributed by atoms with Crippen LogP contribution in [0.2, 0.25) is 0 Å². The number of nitrogens with zero attached hydrogens (tertiary/aromatic N) is 3. The SMILES string of the molecule is COCc1c(CN)nnn1-c1ccccc1C. The van der Waals surface area contributed by atoms with Gasteiger partial charge in [0.1, 0.15) is 5.69 Å². The molecule has 0 aliphatic heterocycles. The van der Waals surface area contributed by atoms with Crippen molar-refractivity contribution < 1.29 is 4.74 Å². The molecule has 0 spiro atoms. The van der Waals surface area contributed by atoms with Gasteiger partial charge in [0, 0.05) is 13.7 Å².